The minimum absolute atomic E-state index is 0.136. The Bertz CT molecular complexity index is 536. The Morgan fingerprint density at radius 3 is 2.40 bits per heavy atom. The van der Waals surface area contributed by atoms with E-state index in [4.69, 9.17) is 9.47 Å². The Morgan fingerprint density at radius 2 is 1.80 bits per heavy atom. The fourth-order valence-electron chi connectivity index (χ4n) is 2.52. The zero-order valence-corrected chi connectivity index (χ0v) is 11.0. The largest absolute Gasteiger partial charge is 0.462 e. The molecule has 1 fully saturated rings. The van der Waals surface area contributed by atoms with E-state index in [-0.39, 0.29) is 31.4 Å². The van der Waals surface area contributed by atoms with Gasteiger partial charge in [0.15, 0.2) is 5.76 Å². The third-order valence-electron chi connectivity index (χ3n) is 3.50. The van der Waals surface area contributed by atoms with E-state index in [0.717, 1.165) is 5.56 Å². The lowest BCUT2D eigenvalue weighted by atomic mass is 10.0. The number of rotatable bonds is 4. The molecule has 20 heavy (non-hydrogen) atoms. The first-order valence-corrected chi connectivity index (χ1v) is 6.59. The van der Waals surface area contributed by atoms with Gasteiger partial charge in [-0.1, -0.05) is 30.3 Å². The Balaban J connectivity index is 1.88. The first-order valence-electron chi connectivity index (χ1n) is 6.59. The van der Waals surface area contributed by atoms with Crippen molar-refractivity contribution in [2.45, 2.75) is 25.3 Å². The average Bonchev–Trinajstić information content (AvgIpc) is 3.09. The highest BCUT2D eigenvalue weighted by Crippen LogP contribution is 2.26. The molecular formula is C15H15NO4. The number of benzene rings is 1. The van der Waals surface area contributed by atoms with Crippen LogP contribution in [-0.4, -0.2) is 29.5 Å². The standard InChI is InChI=1S/C15H15NO4/c17-14-6-7-15(18)16(14)12(13-9-19-10-20-13)8-11-4-2-1-3-5-11/h1-5,9,12H,6-8,10H2. The van der Waals surface area contributed by atoms with Crippen LogP contribution < -0.4 is 0 Å². The van der Waals surface area contributed by atoms with Crippen molar-refractivity contribution in [2.24, 2.45) is 0 Å². The average molecular weight is 273 g/mol. The van der Waals surface area contributed by atoms with E-state index < -0.39 is 6.04 Å². The molecule has 1 aromatic rings. The normalized spacial score (nSPS) is 19.6. The minimum Gasteiger partial charge on any atom is -0.462 e. The number of hydrogen-bond acceptors (Lipinski definition) is 4. The van der Waals surface area contributed by atoms with Crippen LogP contribution in [0.25, 0.3) is 0 Å². The zero-order chi connectivity index (χ0) is 13.9. The topological polar surface area (TPSA) is 55.8 Å². The van der Waals surface area contributed by atoms with E-state index in [2.05, 4.69) is 0 Å². The smallest absolute Gasteiger partial charge is 0.230 e. The number of imide groups is 1. The molecule has 104 valence electrons. The van der Waals surface area contributed by atoms with Gasteiger partial charge in [-0.05, 0) is 5.56 Å². The van der Waals surface area contributed by atoms with Gasteiger partial charge in [-0.2, -0.15) is 0 Å². The summed E-state index contributed by atoms with van der Waals surface area (Å²) in [6.07, 6.45) is 2.58. The first kappa shape index (κ1) is 12.7. The van der Waals surface area contributed by atoms with E-state index in [9.17, 15) is 9.59 Å². The SMILES string of the molecule is O=C1CCC(=O)N1C(Cc1ccccc1)C1=COCO1. The van der Waals surface area contributed by atoms with Crippen LogP contribution >= 0.6 is 0 Å². The molecule has 0 bridgehead atoms. The lowest BCUT2D eigenvalue weighted by molar-refractivity contribution is -0.141. The van der Waals surface area contributed by atoms with Gasteiger partial charge in [0.1, 0.15) is 12.3 Å². The molecule has 5 nitrogen and oxygen atoms in total. The van der Waals surface area contributed by atoms with Gasteiger partial charge in [0, 0.05) is 19.3 Å². The molecule has 0 aliphatic carbocycles. The van der Waals surface area contributed by atoms with Gasteiger partial charge in [0.25, 0.3) is 0 Å². The summed E-state index contributed by atoms with van der Waals surface area (Å²) in [5.74, 6) is 0.247. The lowest BCUT2D eigenvalue weighted by Crippen LogP contribution is -2.42. The highest BCUT2D eigenvalue weighted by molar-refractivity contribution is 6.02. The van der Waals surface area contributed by atoms with Crippen molar-refractivity contribution in [1.82, 2.24) is 4.90 Å². The summed E-state index contributed by atoms with van der Waals surface area (Å²) < 4.78 is 10.5. The van der Waals surface area contributed by atoms with Gasteiger partial charge in [0.2, 0.25) is 18.6 Å². The molecule has 0 N–H and O–H groups in total. The maximum Gasteiger partial charge on any atom is 0.230 e. The first-order chi connectivity index (χ1) is 9.75. The quantitative estimate of drug-likeness (QED) is 0.782. The molecule has 1 aromatic carbocycles. The van der Waals surface area contributed by atoms with Gasteiger partial charge in [-0.25, -0.2) is 0 Å². The zero-order valence-electron chi connectivity index (χ0n) is 11.0. The summed E-state index contributed by atoms with van der Waals surface area (Å²) in [5.41, 5.74) is 1.04. The highest BCUT2D eigenvalue weighted by Gasteiger charge is 2.38. The Hall–Kier alpha value is -2.30. The predicted octanol–water partition coefficient (Wildman–Crippen LogP) is 1.59. The van der Waals surface area contributed by atoms with E-state index in [0.29, 0.717) is 12.2 Å². The number of ether oxygens (including phenoxy) is 2. The second-order valence-electron chi connectivity index (χ2n) is 4.81. The summed E-state index contributed by atoms with van der Waals surface area (Å²) in [6, 6.07) is 9.31. The second kappa shape index (κ2) is 5.36. The van der Waals surface area contributed by atoms with Crippen LogP contribution in [0.4, 0.5) is 0 Å². The van der Waals surface area contributed by atoms with Gasteiger partial charge in [-0.3, -0.25) is 14.5 Å². The van der Waals surface area contributed by atoms with Gasteiger partial charge >= 0.3 is 0 Å². The maximum absolute atomic E-state index is 12.0. The van der Waals surface area contributed by atoms with Crippen molar-refractivity contribution in [3.8, 4) is 0 Å². The van der Waals surface area contributed by atoms with Crippen LogP contribution in [0.3, 0.4) is 0 Å². The van der Waals surface area contributed by atoms with Crippen LogP contribution in [0, 0.1) is 0 Å². The van der Waals surface area contributed by atoms with Crippen LogP contribution in [-0.2, 0) is 25.5 Å². The molecular weight excluding hydrogens is 258 g/mol. The molecule has 0 spiro atoms. The van der Waals surface area contributed by atoms with E-state index in [1.165, 1.54) is 11.2 Å². The van der Waals surface area contributed by atoms with Crippen molar-refractivity contribution in [3.05, 3.63) is 47.9 Å². The number of amides is 2. The Morgan fingerprint density at radius 1 is 1.10 bits per heavy atom. The fraction of sp³-hybridized carbons (Fsp3) is 0.333. The highest BCUT2D eigenvalue weighted by atomic mass is 16.7. The van der Waals surface area contributed by atoms with Crippen LogP contribution in [0.15, 0.2) is 42.4 Å². The van der Waals surface area contributed by atoms with Gasteiger partial charge in [0.05, 0.1) is 0 Å². The molecule has 0 aromatic heterocycles. The molecule has 1 atom stereocenters. The second-order valence-corrected chi connectivity index (χ2v) is 4.81. The molecule has 0 saturated carbocycles. The number of carbonyl (C=O) groups is 2. The van der Waals surface area contributed by atoms with Crippen molar-refractivity contribution < 1.29 is 19.1 Å². The third-order valence-corrected chi connectivity index (χ3v) is 3.50. The monoisotopic (exact) mass is 273 g/mol. The molecule has 2 heterocycles. The lowest BCUT2D eigenvalue weighted by Gasteiger charge is -2.26. The summed E-state index contributed by atoms with van der Waals surface area (Å²) in [4.78, 5) is 25.2. The van der Waals surface area contributed by atoms with Crippen LogP contribution in [0.5, 0.6) is 0 Å². The fourth-order valence-corrected chi connectivity index (χ4v) is 2.52. The third kappa shape index (κ3) is 2.39. The van der Waals surface area contributed by atoms with E-state index in [1.807, 2.05) is 30.3 Å². The number of likely N-dealkylation sites (tertiary alicyclic amines) is 1. The van der Waals surface area contributed by atoms with Crippen LogP contribution in [0.2, 0.25) is 0 Å². The predicted molar refractivity (Wildman–Crippen MR) is 70.1 cm³/mol. The molecule has 1 unspecified atom stereocenters. The van der Waals surface area contributed by atoms with Gasteiger partial charge in [-0.15, -0.1) is 0 Å². The number of hydrogen-bond donors (Lipinski definition) is 0. The summed E-state index contributed by atoms with van der Waals surface area (Å²) in [6.45, 7) is 0.136. The molecule has 2 aliphatic rings. The van der Waals surface area contributed by atoms with Crippen molar-refractivity contribution in [3.63, 3.8) is 0 Å². The molecule has 3 rings (SSSR count). The van der Waals surface area contributed by atoms with Gasteiger partial charge < -0.3 is 9.47 Å². The molecule has 2 amide bonds. The summed E-state index contributed by atoms with van der Waals surface area (Å²) in [7, 11) is 0. The molecule has 0 radical (unpaired) electrons. The minimum atomic E-state index is -0.414. The van der Waals surface area contributed by atoms with Crippen molar-refractivity contribution >= 4 is 11.8 Å². The number of carbonyl (C=O) groups excluding carboxylic acids is 2. The summed E-state index contributed by atoms with van der Waals surface area (Å²) >= 11 is 0. The number of nitrogens with zero attached hydrogens (tertiary/aromatic N) is 1. The van der Waals surface area contributed by atoms with Crippen molar-refractivity contribution in [1.29, 1.82) is 0 Å². The van der Waals surface area contributed by atoms with E-state index >= 15 is 0 Å². The maximum atomic E-state index is 12.0. The Kier molecular flexibility index (Phi) is 3.41. The van der Waals surface area contributed by atoms with Crippen LogP contribution in [0.1, 0.15) is 18.4 Å². The van der Waals surface area contributed by atoms with E-state index in [1.54, 1.807) is 0 Å². The summed E-state index contributed by atoms with van der Waals surface area (Å²) in [5, 5.41) is 0. The Labute approximate surface area is 116 Å². The molecule has 5 heteroatoms. The molecule has 1 saturated heterocycles. The molecule has 2 aliphatic heterocycles. The van der Waals surface area contributed by atoms with Crippen molar-refractivity contribution in [2.75, 3.05) is 6.79 Å².